The summed E-state index contributed by atoms with van der Waals surface area (Å²) in [4.78, 5) is 19.3. The third kappa shape index (κ3) is 2.87. The summed E-state index contributed by atoms with van der Waals surface area (Å²) >= 11 is 5.22. The van der Waals surface area contributed by atoms with Gasteiger partial charge in [0.15, 0.2) is 16.3 Å². The minimum atomic E-state index is -2.85. The summed E-state index contributed by atoms with van der Waals surface area (Å²) in [6.45, 7) is 3.78. The Labute approximate surface area is 157 Å². The minimum Gasteiger partial charge on any atom is -0.454 e. The Morgan fingerprint density at radius 3 is 2.67 bits per heavy atom. The summed E-state index contributed by atoms with van der Waals surface area (Å²) in [5.74, 6) is 1.09. The van der Waals surface area contributed by atoms with Gasteiger partial charge in [0, 0.05) is 17.2 Å². The molecule has 0 saturated carbocycles. The normalized spacial score (nSPS) is 13.1. The number of fused-ring (bicyclic) bond motifs is 2. The highest BCUT2D eigenvalue weighted by Gasteiger charge is 2.22. The number of rotatable bonds is 3. The van der Waals surface area contributed by atoms with Gasteiger partial charge in [0.1, 0.15) is 5.65 Å². The number of pyridine rings is 1. The Morgan fingerprint density at radius 1 is 1.22 bits per heavy atom. The predicted octanol–water partition coefficient (Wildman–Crippen LogP) is 4.37. The lowest BCUT2D eigenvalue weighted by Crippen LogP contribution is -2.19. The van der Waals surface area contributed by atoms with Crippen LogP contribution < -0.4 is 15.0 Å². The van der Waals surface area contributed by atoms with Crippen LogP contribution in [0.15, 0.2) is 29.1 Å². The van der Waals surface area contributed by atoms with E-state index in [1.54, 1.807) is 22.8 Å². The van der Waals surface area contributed by atoms with Crippen molar-refractivity contribution in [3.05, 3.63) is 45.0 Å². The topological polar surface area (TPSA) is 69.1 Å². The zero-order valence-corrected chi connectivity index (χ0v) is 15.3. The fraction of sp³-hybridized carbons (Fsp3) is 0.278. The number of hydrogen-bond donors (Lipinski definition) is 1. The number of H-pyrrole nitrogens is 1. The first-order valence-corrected chi connectivity index (χ1v) is 8.65. The van der Waals surface area contributed by atoms with E-state index in [4.69, 9.17) is 21.7 Å². The zero-order chi connectivity index (χ0) is 19.3. The maximum atomic E-state index is 13.8. The van der Waals surface area contributed by atoms with Crippen molar-refractivity contribution in [2.75, 3.05) is 6.79 Å². The van der Waals surface area contributed by atoms with Crippen LogP contribution in [0.5, 0.6) is 11.5 Å². The molecular formula is C18H15F2N3O3S. The molecule has 4 rings (SSSR count). The lowest BCUT2D eigenvalue weighted by atomic mass is 10.1. The van der Waals surface area contributed by atoms with Crippen molar-refractivity contribution >= 4 is 23.3 Å². The summed E-state index contributed by atoms with van der Waals surface area (Å²) in [5.41, 5.74) is -0.0653. The molecule has 1 aliphatic heterocycles. The van der Waals surface area contributed by atoms with Crippen LogP contribution in [-0.2, 0) is 0 Å². The van der Waals surface area contributed by atoms with E-state index in [0.29, 0.717) is 22.8 Å². The molecule has 9 heteroatoms. The van der Waals surface area contributed by atoms with E-state index in [9.17, 15) is 13.6 Å². The molecule has 0 amide bonds. The molecule has 0 atom stereocenters. The molecule has 1 aliphatic rings. The maximum absolute atomic E-state index is 13.8. The van der Waals surface area contributed by atoms with Crippen LogP contribution >= 0.6 is 12.2 Å². The van der Waals surface area contributed by atoms with Crippen LogP contribution in [0.4, 0.5) is 8.78 Å². The number of benzene rings is 1. The van der Waals surface area contributed by atoms with Crippen LogP contribution in [-0.4, -0.2) is 21.3 Å². The van der Waals surface area contributed by atoms with Gasteiger partial charge in [-0.05, 0) is 50.3 Å². The average Bonchev–Trinajstić information content (AvgIpc) is 3.07. The molecule has 0 fully saturated rings. The first-order valence-electron chi connectivity index (χ1n) is 8.24. The number of hydrogen-bond acceptors (Lipinski definition) is 5. The van der Waals surface area contributed by atoms with Crippen molar-refractivity contribution < 1.29 is 18.3 Å². The van der Waals surface area contributed by atoms with Gasteiger partial charge in [0.25, 0.3) is 12.0 Å². The van der Waals surface area contributed by atoms with Crippen molar-refractivity contribution in [2.45, 2.75) is 26.3 Å². The standard InChI is InChI=1S/C18H15F2N3O3S/c1-8(2)23-16-14(17(24)22-18(23)27)10(15(19)20)6-11(21-16)9-3-4-12-13(5-9)26-7-25-12/h3-6,8,15H,7H2,1-2H3,(H,22,24,27). The smallest absolute Gasteiger partial charge is 0.264 e. The molecule has 1 aromatic carbocycles. The monoisotopic (exact) mass is 391 g/mol. The molecule has 2 aromatic heterocycles. The van der Waals surface area contributed by atoms with Crippen LogP contribution in [0, 0.1) is 4.77 Å². The van der Waals surface area contributed by atoms with Crippen molar-refractivity contribution in [1.82, 2.24) is 14.5 Å². The summed E-state index contributed by atoms with van der Waals surface area (Å²) in [5, 5.41) is -0.156. The van der Waals surface area contributed by atoms with Gasteiger partial charge in [-0.15, -0.1) is 0 Å². The largest absolute Gasteiger partial charge is 0.454 e. The van der Waals surface area contributed by atoms with Gasteiger partial charge in [-0.25, -0.2) is 13.8 Å². The van der Waals surface area contributed by atoms with E-state index in [-0.39, 0.29) is 28.6 Å². The number of nitrogens with zero attached hydrogens (tertiary/aromatic N) is 2. The molecule has 0 unspecified atom stereocenters. The van der Waals surface area contributed by atoms with E-state index < -0.39 is 17.5 Å². The molecule has 0 saturated heterocycles. The minimum absolute atomic E-state index is 0.105. The molecule has 0 radical (unpaired) electrons. The van der Waals surface area contributed by atoms with Gasteiger partial charge in [-0.1, -0.05) is 0 Å². The Hall–Kier alpha value is -2.81. The number of halogens is 2. The highest BCUT2D eigenvalue weighted by atomic mass is 32.1. The number of aromatic nitrogens is 3. The molecule has 6 nitrogen and oxygen atoms in total. The number of alkyl halides is 2. The van der Waals surface area contributed by atoms with E-state index in [1.165, 1.54) is 6.07 Å². The lowest BCUT2D eigenvalue weighted by Gasteiger charge is -2.17. The molecule has 3 aromatic rings. The highest BCUT2D eigenvalue weighted by Crippen LogP contribution is 2.37. The van der Waals surface area contributed by atoms with Crippen LogP contribution in [0.3, 0.4) is 0 Å². The predicted molar refractivity (Wildman–Crippen MR) is 98.1 cm³/mol. The van der Waals surface area contributed by atoms with Crippen molar-refractivity contribution in [2.24, 2.45) is 0 Å². The Balaban J connectivity index is 2.07. The van der Waals surface area contributed by atoms with Crippen molar-refractivity contribution in [3.63, 3.8) is 0 Å². The van der Waals surface area contributed by atoms with E-state index in [2.05, 4.69) is 9.97 Å². The van der Waals surface area contributed by atoms with Gasteiger partial charge in [-0.2, -0.15) is 0 Å². The fourth-order valence-corrected chi connectivity index (χ4v) is 3.52. The lowest BCUT2D eigenvalue weighted by molar-refractivity contribution is 0.153. The third-order valence-corrected chi connectivity index (χ3v) is 4.64. The molecule has 27 heavy (non-hydrogen) atoms. The quantitative estimate of drug-likeness (QED) is 0.672. The molecule has 0 spiro atoms. The highest BCUT2D eigenvalue weighted by molar-refractivity contribution is 7.71. The summed E-state index contributed by atoms with van der Waals surface area (Å²) < 4.78 is 39.9. The molecular weight excluding hydrogens is 376 g/mol. The van der Waals surface area contributed by atoms with Gasteiger partial charge >= 0.3 is 0 Å². The number of aromatic amines is 1. The molecule has 0 bridgehead atoms. The fourth-order valence-electron chi connectivity index (χ4n) is 3.13. The van der Waals surface area contributed by atoms with Gasteiger partial charge in [-0.3, -0.25) is 14.3 Å². The maximum Gasteiger partial charge on any atom is 0.264 e. The van der Waals surface area contributed by atoms with Crippen molar-refractivity contribution in [1.29, 1.82) is 0 Å². The average molecular weight is 391 g/mol. The van der Waals surface area contributed by atoms with Crippen LogP contribution in [0.2, 0.25) is 0 Å². The van der Waals surface area contributed by atoms with E-state index in [1.807, 2.05) is 13.8 Å². The third-order valence-electron chi connectivity index (χ3n) is 4.35. The summed E-state index contributed by atoms with van der Waals surface area (Å²) in [6.07, 6.45) is -2.85. The van der Waals surface area contributed by atoms with Crippen LogP contribution in [0.25, 0.3) is 22.3 Å². The first kappa shape index (κ1) is 17.6. The molecule has 3 heterocycles. The van der Waals surface area contributed by atoms with Gasteiger partial charge < -0.3 is 9.47 Å². The number of ether oxygens (including phenoxy) is 2. The summed E-state index contributed by atoms with van der Waals surface area (Å²) in [7, 11) is 0. The summed E-state index contributed by atoms with van der Waals surface area (Å²) in [6, 6.07) is 6.12. The van der Waals surface area contributed by atoms with Gasteiger partial charge in [0.05, 0.1) is 11.1 Å². The zero-order valence-electron chi connectivity index (χ0n) is 14.5. The van der Waals surface area contributed by atoms with Crippen LogP contribution in [0.1, 0.15) is 31.9 Å². The van der Waals surface area contributed by atoms with E-state index >= 15 is 0 Å². The van der Waals surface area contributed by atoms with E-state index in [0.717, 1.165) is 0 Å². The Kier molecular flexibility index (Phi) is 4.18. The Morgan fingerprint density at radius 2 is 1.96 bits per heavy atom. The Bertz CT molecular complexity index is 1170. The van der Waals surface area contributed by atoms with Crippen molar-refractivity contribution in [3.8, 4) is 22.8 Å². The molecule has 140 valence electrons. The second-order valence-corrected chi connectivity index (χ2v) is 6.77. The molecule has 1 N–H and O–H groups in total. The second kappa shape index (κ2) is 6.41. The second-order valence-electron chi connectivity index (χ2n) is 6.39. The first-order chi connectivity index (χ1) is 12.9. The molecule has 0 aliphatic carbocycles. The SMILES string of the molecule is CC(C)n1c(=S)[nH]c(=O)c2c(C(F)F)cc(-c3ccc4c(c3)OCO4)nc21. The van der Waals surface area contributed by atoms with Gasteiger partial charge in [0.2, 0.25) is 6.79 Å². The number of nitrogens with one attached hydrogen (secondary N) is 1.